The van der Waals surface area contributed by atoms with Gasteiger partial charge in [-0.05, 0) is 18.2 Å². The molecule has 0 amide bonds. The molecule has 0 aliphatic carbocycles. The molecule has 0 aliphatic heterocycles. The van der Waals surface area contributed by atoms with Gasteiger partial charge in [0.1, 0.15) is 17.3 Å². The first-order chi connectivity index (χ1) is 9.08. The van der Waals surface area contributed by atoms with E-state index in [0.717, 1.165) is 18.2 Å². The van der Waals surface area contributed by atoms with Crippen molar-refractivity contribution in [3.63, 3.8) is 0 Å². The number of halogens is 1. The zero-order chi connectivity index (χ0) is 13.8. The van der Waals surface area contributed by atoms with Crippen LogP contribution in [0.2, 0.25) is 0 Å². The van der Waals surface area contributed by atoms with Gasteiger partial charge in [0.05, 0.1) is 4.92 Å². The summed E-state index contributed by atoms with van der Waals surface area (Å²) in [5.41, 5.74) is -0.00306. The van der Waals surface area contributed by atoms with E-state index in [0.29, 0.717) is 5.56 Å². The minimum absolute atomic E-state index is 0.00270. The number of benzene rings is 2. The van der Waals surface area contributed by atoms with Gasteiger partial charge in [0, 0.05) is 23.9 Å². The van der Waals surface area contributed by atoms with Crippen molar-refractivity contribution in [3.8, 4) is 5.75 Å². The first-order valence-electron chi connectivity index (χ1n) is 5.34. The van der Waals surface area contributed by atoms with E-state index < -0.39 is 10.7 Å². The average molecular weight is 260 g/mol. The summed E-state index contributed by atoms with van der Waals surface area (Å²) >= 11 is 0. The van der Waals surface area contributed by atoms with Crippen LogP contribution in [0.4, 0.5) is 15.8 Å². The predicted octanol–water partition coefficient (Wildman–Crippen LogP) is 3.19. The van der Waals surface area contributed by atoms with Crippen molar-refractivity contribution >= 4 is 17.6 Å². The lowest BCUT2D eigenvalue weighted by molar-refractivity contribution is -0.384. The molecular weight excluding hydrogens is 251 g/mol. The van der Waals surface area contributed by atoms with Crippen LogP contribution in [0.5, 0.6) is 5.75 Å². The third-order valence-corrected chi connectivity index (χ3v) is 2.42. The number of phenols is 1. The summed E-state index contributed by atoms with van der Waals surface area (Å²) in [7, 11) is 0. The minimum atomic E-state index is -0.669. The van der Waals surface area contributed by atoms with E-state index in [9.17, 15) is 19.6 Å². The van der Waals surface area contributed by atoms with Gasteiger partial charge in [-0.15, -0.1) is 0 Å². The Balaban J connectivity index is 2.35. The van der Waals surface area contributed by atoms with Crippen LogP contribution in [0.25, 0.3) is 0 Å². The molecule has 0 radical (unpaired) electrons. The highest BCUT2D eigenvalue weighted by Gasteiger charge is 2.09. The molecule has 6 heteroatoms. The van der Waals surface area contributed by atoms with Crippen LogP contribution in [0.1, 0.15) is 5.56 Å². The van der Waals surface area contributed by atoms with Gasteiger partial charge in [-0.25, -0.2) is 4.39 Å². The number of para-hydroxylation sites is 1. The Labute approximate surface area is 107 Å². The minimum Gasteiger partial charge on any atom is -0.507 e. The quantitative estimate of drug-likeness (QED) is 0.523. The fraction of sp³-hybridized carbons (Fsp3) is 0. The summed E-state index contributed by atoms with van der Waals surface area (Å²) in [5.74, 6) is -0.672. The van der Waals surface area contributed by atoms with E-state index in [2.05, 4.69) is 4.99 Å². The predicted molar refractivity (Wildman–Crippen MR) is 68.4 cm³/mol. The molecule has 0 saturated carbocycles. The number of nitrogens with zero attached hydrogens (tertiary/aromatic N) is 2. The van der Waals surface area contributed by atoms with E-state index >= 15 is 0 Å². The number of rotatable bonds is 3. The van der Waals surface area contributed by atoms with Gasteiger partial charge in [-0.2, -0.15) is 0 Å². The Bertz CT molecular complexity index is 656. The summed E-state index contributed by atoms with van der Waals surface area (Å²) in [6, 6.07) is 9.46. The van der Waals surface area contributed by atoms with Gasteiger partial charge in [-0.3, -0.25) is 15.1 Å². The number of aromatic hydroxyl groups is 1. The summed E-state index contributed by atoms with van der Waals surface area (Å²) in [5, 5.41) is 20.1. The maximum atomic E-state index is 13.4. The first kappa shape index (κ1) is 12.7. The highest BCUT2D eigenvalue weighted by Crippen LogP contribution is 2.24. The van der Waals surface area contributed by atoms with Gasteiger partial charge < -0.3 is 5.11 Å². The van der Waals surface area contributed by atoms with Gasteiger partial charge >= 0.3 is 0 Å². The monoisotopic (exact) mass is 260 g/mol. The van der Waals surface area contributed by atoms with Crippen molar-refractivity contribution in [2.24, 2.45) is 4.99 Å². The van der Waals surface area contributed by atoms with Gasteiger partial charge in [0.2, 0.25) is 0 Å². The highest BCUT2D eigenvalue weighted by molar-refractivity contribution is 5.85. The van der Waals surface area contributed by atoms with Crippen LogP contribution >= 0.6 is 0 Å². The number of nitro groups is 1. The summed E-state index contributed by atoms with van der Waals surface area (Å²) < 4.78 is 13.4. The van der Waals surface area contributed by atoms with E-state index in [1.807, 2.05) is 0 Å². The Morgan fingerprint density at radius 2 is 2.00 bits per heavy atom. The van der Waals surface area contributed by atoms with Crippen LogP contribution in [0.3, 0.4) is 0 Å². The molecule has 0 spiro atoms. The van der Waals surface area contributed by atoms with Crippen molar-refractivity contribution in [1.82, 2.24) is 0 Å². The zero-order valence-corrected chi connectivity index (χ0v) is 9.65. The third kappa shape index (κ3) is 2.92. The molecule has 96 valence electrons. The van der Waals surface area contributed by atoms with E-state index in [4.69, 9.17) is 0 Å². The van der Waals surface area contributed by atoms with Gasteiger partial charge in [-0.1, -0.05) is 12.1 Å². The standard InChI is InChI=1S/C13H9FN2O3/c14-11-6-5-10(16(18)19)7-12(11)15-8-9-3-1-2-4-13(9)17/h1-8,17H. The number of phenolic OH excluding ortho intramolecular Hbond substituents is 1. The number of hydrogen-bond donors (Lipinski definition) is 1. The topological polar surface area (TPSA) is 75.7 Å². The number of non-ortho nitro benzene ring substituents is 1. The molecule has 0 fully saturated rings. The maximum absolute atomic E-state index is 13.4. The molecule has 1 N–H and O–H groups in total. The summed E-state index contributed by atoms with van der Waals surface area (Å²) in [6.07, 6.45) is 1.25. The van der Waals surface area contributed by atoms with Gasteiger partial charge in [0.15, 0.2) is 0 Å². The summed E-state index contributed by atoms with van der Waals surface area (Å²) in [6.45, 7) is 0. The maximum Gasteiger partial charge on any atom is 0.271 e. The second kappa shape index (κ2) is 5.26. The molecule has 0 atom stereocenters. The molecule has 5 nitrogen and oxygen atoms in total. The normalized spacial score (nSPS) is 10.8. The molecule has 19 heavy (non-hydrogen) atoms. The number of aliphatic imine (C=N–C) groups is 1. The third-order valence-electron chi connectivity index (χ3n) is 2.42. The number of hydrogen-bond acceptors (Lipinski definition) is 4. The molecule has 2 aromatic carbocycles. The second-order valence-electron chi connectivity index (χ2n) is 3.71. The van der Waals surface area contributed by atoms with E-state index in [-0.39, 0.29) is 17.1 Å². The second-order valence-corrected chi connectivity index (χ2v) is 3.71. The Hall–Kier alpha value is -2.76. The van der Waals surface area contributed by atoms with Crippen LogP contribution < -0.4 is 0 Å². The van der Waals surface area contributed by atoms with E-state index in [1.54, 1.807) is 18.2 Å². The lowest BCUT2D eigenvalue weighted by Crippen LogP contribution is -1.88. The molecule has 2 rings (SSSR count). The van der Waals surface area contributed by atoms with Crippen LogP contribution in [-0.4, -0.2) is 16.2 Å². The molecule has 0 unspecified atom stereocenters. The fourth-order valence-electron chi connectivity index (χ4n) is 1.45. The van der Waals surface area contributed by atoms with Crippen molar-refractivity contribution in [2.75, 3.05) is 0 Å². The molecule has 0 saturated heterocycles. The van der Waals surface area contributed by atoms with Crippen molar-refractivity contribution in [2.45, 2.75) is 0 Å². The first-order valence-corrected chi connectivity index (χ1v) is 5.34. The SMILES string of the molecule is O=[N+]([O-])c1ccc(F)c(N=Cc2ccccc2O)c1. The largest absolute Gasteiger partial charge is 0.507 e. The molecular formula is C13H9FN2O3. The fourth-order valence-corrected chi connectivity index (χ4v) is 1.45. The van der Waals surface area contributed by atoms with E-state index in [1.165, 1.54) is 12.3 Å². The molecule has 0 aliphatic rings. The summed E-state index contributed by atoms with van der Waals surface area (Å²) in [4.78, 5) is 13.8. The lowest BCUT2D eigenvalue weighted by Gasteiger charge is -1.99. The molecule has 0 heterocycles. The smallest absolute Gasteiger partial charge is 0.271 e. The Morgan fingerprint density at radius 1 is 1.26 bits per heavy atom. The van der Waals surface area contributed by atoms with Crippen LogP contribution in [0, 0.1) is 15.9 Å². The van der Waals surface area contributed by atoms with Crippen molar-refractivity contribution in [1.29, 1.82) is 0 Å². The molecule has 0 aromatic heterocycles. The average Bonchev–Trinajstić information content (AvgIpc) is 2.39. The Kier molecular flexibility index (Phi) is 3.51. The van der Waals surface area contributed by atoms with Gasteiger partial charge in [0.25, 0.3) is 5.69 Å². The molecule has 2 aromatic rings. The molecule has 0 bridgehead atoms. The van der Waals surface area contributed by atoms with Crippen LogP contribution in [-0.2, 0) is 0 Å². The van der Waals surface area contributed by atoms with Crippen molar-refractivity contribution in [3.05, 3.63) is 64.0 Å². The Morgan fingerprint density at radius 3 is 2.68 bits per heavy atom. The number of nitro benzene ring substituents is 1. The lowest BCUT2D eigenvalue weighted by atomic mass is 10.2. The van der Waals surface area contributed by atoms with Crippen LogP contribution in [0.15, 0.2) is 47.5 Å². The zero-order valence-electron chi connectivity index (χ0n) is 9.65. The van der Waals surface area contributed by atoms with Crippen molar-refractivity contribution < 1.29 is 14.4 Å². The highest BCUT2D eigenvalue weighted by atomic mass is 19.1.